The number of aliphatic hydroxyl groups excluding tert-OH is 1. The molecular weight excluding hydrogens is 1930 g/mol. The number of nitrogens with two attached hydrogens (primary N) is 5. The molecule has 0 bridgehead atoms. The van der Waals surface area contributed by atoms with Gasteiger partial charge in [-0.05, 0) is 144 Å². The first-order valence-electron chi connectivity index (χ1n) is 48.2. The summed E-state index contributed by atoms with van der Waals surface area (Å²) < 4.78 is 27.7. The number of carbonyl (C=O) groups excluding carboxylic acids is 5. The van der Waals surface area contributed by atoms with Gasteiger partial charge >= 0.3 is 0 Å². The molecule has 143 heavy (non-hydrogen) atoms. The highest BCUT2D eigenvalue weighted by atomic mass is 35.5. The molecule has 2 saturated carbocycles. The number of aliphatic hydroxyl groups is 1. The summed E-state index contributed by atoms with van der Waals surface area (Å²) in [5, 5.41) is 10.4. The Morgan fingerprint density at radius 1 is 0.343 bits per heavy atom. The fourth-order valence-electron chi connectivity index (χ4n) is 20.0. The smallest absolute Gasteiger partial charge is 0.223 e. The summed E-state index contributed by atoms with van der Waals surface area (Å²) in [6.07, 6.45) is 19.7. The van der Waals surface area contributed by atoms with Gasteiger partial charge in [0.1, 0.15) is 83.6 Å². The molecule has 7 aliphatic rings. The highest BCUT2D eigenvalue weighted by Crippen LogP contribution is 2.47. The van der Waals surface area contributed by atoms with Crippen LogP contribution in [0.1, 0.15) is 248 Å². The predicted octanol–water partition coefficient (Wildman–Crippen LogP) is 17.4. The number of pyridine rings is 5. The Balaban J connectivity index is 0.000000150. The minimum absolute atomic E-state index is 0.00642. The van der Waals surface area contributed by atoms with E-state index in [0.717, 1.165) is 177 Å². The first-order chi connectivity index (χ1) is 68.0. The molecule has 10 aromatic rings. The number of nitrogens with zero attached hydrogens (tertiary/aromatic N) is 20. The molecule has 764 valence electrons. The molecule has 11 N–H and O–H groups in total. The van der Waals surface area contributed by atoms with Crippen molar-refractivity contribution in [2.24, 2.45) is 53.3 Å². The summed E-state index contributed by atoms with van der Waals surface area (Å²) in [6.45, 7) is 35.2. The largest absolute Gasteiger partial charge is 0.496 e. The SMILES string of the molecule is CCCC1CN(Cc2ncc(C)c(OC)c2C)c2nc(N)nc(Cl)c2C1=O.COc1c(C)cnc(CN2CC(C(C)C)C(=O)c3c(Cl)nc(N)nc32)c1C.COc1c(C)cnc(CN2CC(CC3CC3)C(=O)c3c(Cl)nc(N)nc32)c1C.COc1c(C)cnc(CN2CC(CC3CCC(O)CC3)C(=O)c3c(Cl)nc(N)nc32)c1C.COc1c(C)cnc(CN2CC(CCC(C)C)C(=O)c3c(Cl)nc(N)nc32)c1C. The number of aryl methyl sites for hydroxylation is 5. The average molecular weight is 2060 g/mol. The van der Waals surface area contributed by atoms with Crippen molar-refractivity contribution < 1.29 is 52.8 Å². The lowest BCUT2D eigenvalue weighted by Gasteiger charge is -2.36. The number of halogens is 5. The van der Waals surface area contributed by atoms with Gasteiger partial charge in [0, 0.05) is 149 Å². The number of hydrogen-bond acceptors (Lipinski definition) is 36. The first-order valence-corrected chi connectivity index (χ1v) is 50.1. The summed E-state index contributed by atoms with van der Waals surface area (Å²) in [5.41, 5.74) is 44.9. The van der Waals surface area contributed by atoms with Crippen molar-refractivity contribution in [2.45, 2.75) is 220 Å². The van der Waals surface area contributed by atoms with Crippen molar-refractivity contribution in [3.8, 4) is 28.7 Å². The number of methoxy groups -OCH3 is 5. The Morgan fingerprint density at radius 3 is 0.811 bits per heavy atom. The average Bonchev–Trinajstić information content (AvgIpc) is 1.64. The van der Waals surface area contributed by atoms with Crippen molar-refractivity contribution in [3.05, 3.63) is 169 Å². The number of carbonyl (C=O) groups is 5. The third-order valence-corrected chi connectivity index (χ3v) is 29.1. The van der Waals surface area contributed by atoms with E-state index in [-0.39, 0.29) is 126 Å². The second-order valence-electron chi connectivity index (χ2n) is 38.8. The third kappa shape index (κ3) is 24.3. The van der Waals surface area contributed by atoms with Crippen LogP contribution in [0.15, 0.2) is 31.0 Å². The number of ketones is 5. The number of ether oxygens (including phenoxy) is 5. The quantitative estimate of drug-likeness (QED) is 0.0289. The molecular formula is C102H130Cl5N25O11. The highest BCUT2D eigenvalue weighted by molar-refractivity contribution is 6.36. The van der Waals surface area contributed by atoms with E-state index in [1.54, 1.807) is 66.5 Å². The summed E-state index contributed by atoms with van der Waals surface area (Å²) >= 11 is 31.6. The number of hydrogen-bond donors (Lipinski definition) is 6. The minimum Gasteiger partial charge on any atom is -0.496 e. The summed E-state index contributed by atoms with van der Waals surface area (Å²) in [7, 11) is 8.27. The number of nitrogen functional groups attached to an aromatic ring is 5. The van der Waals surface area contributed by atoms with Crippen LogP contribution in [0.2, 0.25) is 25.8 Å². The number of Topliss-reactive ketones (excluding diaryl/α,β-unsaturated/α-hetero) is 5. The number of fused-ring (bicyclic) bond motifs is 5. The molecule has 17 rings (SSSR count). The second-order valence-corrected chi connectivity index (χ2v) is 40.6. The van der Waals surface area contributed by atoms with Gasteiger partial charge in [0.2, 0.25) is 29.7 Å². The Labute approximate surface area is 859 Å². The fraction of sp³-hybridized carbons (Fsp3) is 0.510. The van der Waals surface area contributed by atoms with Gasteiger partial charge in [-0.2, -0.15) is 24.9 Å². The molecule has 41 heteroatoms. The standard InChI is InChI=1S/C23H30ClN5O3.C21H28ClN5O2.C20H24ClN5O2.2C19H24ClN5O2/c1-12-9-26-17(13(2)20(12)32-3)11-29-10-15(8-14-4-6-16(30)7-5-14)19(31)18-21(24)27-23(25)28-22(18)29;1-11(2)6-7-14-9-27(10-15-13(4)18(29-5)12(3)8-24-15)20-16(17(14)28)19(22)25-21(23)26-20;1-10-7-23-14(11(2)17(10)28-3)9-26-8-13(6-12-4-5-12)16(27)15-18(21)24-20(22)25-19(15)26;1-9(2)12-7-25(8-13-11(4)16(27-5)10(3)6-22-13)18-14(15(12)26)17(20)23-19(21)24-18;1-5-6-12-8-25(9-13-11(3)16(27-4)10(2)7-22-13)18-14(15(12)26)17(20)23-19(21)24-18/h9,14-16,30H,4-8,10-11H2,1-3H3,(H2,25,27,28);8,11,14H,6-7,9-10H2,1-5H3,(H2,23,25,26);7,12-13H,4-6,8-9H2,1-3H3,(H2,22,24,25);6,9,12H,7-8H2,1-5H3,(H2,21,23,24);7,12H,5-6,8-9H2,1-4H3,(H2,21,23,24). The van der Waals surface area contributed by atoms with E-state index in [2.05, 4.69) is 100 Å². The van der Waals surface area contributed by atoms with Gasteiger partial charge in [-0.3, -0.25) is 48.9 Å². The van der Waals surface area contributed by atoms with Crippen molar-refractivity contribution in [2.75, 3.05) is 121 Å². The number of aromatic nitrogens is 15. The zero-order valence-electron chi connectivity index (χ0n) is 85.0. The third-order valence-electron chi connectivity index (χ3n) is 27.8. The van der Waals surface area contributed by atoms with Gasteiger partial charge in [-0.25, -0.2) is 24.9 Å². The van der Waals surface area contributed by atoms with E-state index < -0.39 is 0 Å². The van der Waals surface area contributed by atoms with Gasteiger partial charge < -0.3 is 82.0 Å². The molecule has 2 aliphatic carbocycles. The van der Waals surface area contributed by atoms with Gasteiger partial charge in [0.15, 0.2) is 28.9 Å². The lowest BCUT2D eigenvalue weighted by Crippen LogP contribution is -2.42. The van der Waals surface area contributed by atoms with Crippen LogP contribution in [0.25, 0.3) is 0 Å². The predicted molar refractivity (Wildman–Crippen MR) is 557 cm³/mol. The van der Waals surface area contributed by atoms with Gasteiger partial charge in [-0.1, -0.05) is 118 Å². The maximum Gasteiger partial charge on any atom is 0.223 e. The topological polar surface area (TPSA) is 491 Å². The van der Waals surface area contributed by atoms with E-state index in [4.69, 9.17) is 110 Å². The Bertz CT molecular complexity index is 6450. The van der Waals surface area contributed by atoms with E-state index in [0.29, 0.717) is 140 Å². The van der Waals surface area contributed by atoms with E-state index in [9.17, 15) is 29.1 Å². The second kappa shape index (κ2) is 46.7. The molecule has 36 nitrogen and oxygen atoms in total. The van der Waals surface area contributed by atoms with E-state index >= 15 is 0 Å². The van der Waals surface area contributed by atoms with Gasteiger partial charge in [0.25, 0.3) is 0 Å². The van der Waals surface area contributed by atoms with E-state index in [1.165, 1.54) is 12.8 Å². The summed E-state index contributed by atoms with van der Waals surface area (Å²) in [5.74, 6) is 7.52. The first kappa shape index (κ1) is 108. The molecule has 0 amide bonds. The van der Waals surface area contributed by atoms with Crippen LogP contribution in [-0.4, -0.2) is 183 Å². The Hall–Kier alpha value is -12.1. The molecule has 0 radical (unpaired) electrons. The van der Waals surface area contributed by atoms with Crippen molar-refractivity contribution in [1.29, 1.82) is 0 Å². The molecule has 5 atom stereocenters. The Kier molecular flexibility index (Phi) is 35.4. The lowest BCUT2D eigenvalue weighted by molar-refractivity contribution is 0.0826. The van der Waals surface area contributed by atoms with Crippen molar-refractivity contribution >= 4 is 146 Å². The van der Waals surface area contributed by atoms with Crippen molar-refractivity contribution in [1.82, 2.24) is 74.8 Å². The molecule has 5 aliphatic heterocycles. The number of anilines is 10. The molecule has 0 saturated heterocycles. The highest BCUT2D eigenvalue weighted by Gasteiger charge is 2.45. The molecule has 5 unspecified atom stereocenters. The molecule has 2 fully saturated rings. The number of rotatable bonds is 25. The maximum atomic E-state index is 13.4. The van der Waals surface area contributed by atoms with Crippen LogP contribution >= 0.6 is 58.0 Å². The molecule has 10 aromatic heterocycles. The normalized spacial score (nSPS) is 18.4. The van der Waals surface area contributed by atoms with Crippen molar-refractivity contribution in [3.63, 3.8) is 0 Å². The zero-order chi connectivity index (χ0) is 104. The van der Waals surface area contributed by atoms with Gasteiger partial charge in [0.05, 0.1) is 131 Å². The van der Waals surface area contributed by atoms with Gasteiger partial charge in [-0.15, -0.1) is 0 Å². The minimum atomic E-state index is -0.222. The monoisotopic (exact) mass is 2060 g/mol. The van der Waals surface area contributed by atoms with Crippen LogP contribution in [0.5, 0.6) is 28.7 Å². The van der Waals surface area contributed by atoms with Crippen LogP contribution in [0.4, 0.5) is 58.8 Å². The molecule has 15 heterocycles. The van der Waals surface area contributed by atoms with Crippen LogP contribution < -0.4 is 76.9 Å². The maximum absolute atomic E-state index is 13.4. The zero-order valence-corrected chi connectivity index (χ0v) is 88.7. The summed E-state index contributed by atoms with van der Waals surface area (Å²) in [4.78, 5) is 140. The van der Waals surface area contributed by atoms with E-state index in [1.807, 2.05) is 103 Å². The van der Waals surface area contributed by atoms with Crippen LogP contribution in [0, 0.1) is 122 Å². The lowest BCUT2D eigenvalue weighted by atomic mass is 9.78. The summed E-state index contributed by atoms with van der Waals surface area (Å²) in [6, 6.07) is 0. The van der Waals surface area contributed by atoms with Crippen LogP contribution in [-0.2, 0) is 32.7 Å². The molecule has 0 aromatic carbocycles. The molecule has 0 spiro atoms. The Morgan fingerprint density at radius 2 is 0.573 bits per heavy atom. The fourth-order valence-corrected chi connectivity index (χ4v) is 21.4. The van der Waals surface area contributed by atoms with Crippen LogP contribution in [0.3, 0.4) is 0 Å².